The number of fused-ring (bicyclic) bond motifs is 1. The summed E-state index contributed by atoms with van der Waals surface area (Å²) in [6.45, 7) is 1.43. The summed E-state index contributed by atoms with van der Waals surface area (Å²) < 4.78 is 37.9. The molecule has 6 heteroatoms. The lowest BCUT2D eigenvalue weighted by Crippen LogP contribution is -2.40. The Morgan fingerprint density at radius 3 is 2.61 bits per heavy atom. The Morgan fingerprint density at radius 1 is 1.28 bits per heavy atom. The highest BCUT2D eigenvalue weighted by Crippen LogP contribution is 2.38. The molecular weight excluding hydrogens is 245 g/mol. The fourth-order valence-corrected chi connectivity index (χ4v) is 2.06. The average Bonchev–Trinajstić information content (AvgIpc) is 2.31. The molecule has 18 heavy (non-hydrogen) atoms. The number of carbonyl (C=O) groups excluding carboxylic acids is 1. The van der Waals surface area contributed by atoms with E-state index in [9.17, 15) is 18.0 Å². The smallest absolute Gasteiger partial charge is 0.371 e. The second kappa shape index (κ2) is 4.51. The van der Waals surface area contributed by atoms with Crippen molar-refractivity contribution in [3.8, 4) is 0 Å². The van der Waals surface area contributed by atoms with Crippen LogP contribution in [0.3, 0.4) is 0 Å². The van der Waals surface area contributed by atoms with Gasteiger partial charge in [-0.05, 0) is 18.2 Å². The number of benzene rings is 1. The van der Waals surface area contributed by atoms with E-state index in [1.54, 1.807) is 16.8 Å². The van der Waals surface area contributed by atoms with Crippen molar-refractivity contribution in [2.75, 3.05) is 36.5 Å². The number of hydrogen-bond donors (Lipinski definition) is 0. The Hall–Kier alpha value is -1.72. The van der Waals surface area contributed by atoms with Gasteiger partial charge in [0, 0.05) is 20.1 Å². The molecule has 0 aromatic heterocycles. The largest absolute Gasteiger partial charge is 0.416 e. The molecule has 0 aliphatic carbocycles. The van der Waals surface area contributed by atoms with E-state index in [2.05, 4.69) is 0 Å². The Kier molecular flexibility index (Phi) is 3.19. The number of rotatable bonds is 2. The maximum absolute atomic E-state index is 12.6. The van der Waals surface area contributed by atoms with E-state index in [-0.39, 0.29) is 6.54 Å². The molecule has 1 heterocycles. The number of alkyl halides is 3. The highest BCUT2D eigenvalue weighted by Gasteiger charge is 2.32. The highest BCUT2D eigenvalue weighted by atomic mass is 19.4. The van der Waals surface area contributed by atoms with E-state index in [4.69, 9.17) is 0 Å². The van der Waals surface area contributed by atoms with Gasteiger partial charge in [-0.25, -0.2) is 0 Å². The Bertz CT molecular complexity index is 459. The lowest BCUT2D eigenvalue weighted by molar-refractivity contribution is -0.137. The number of aldehydes is 1. The second-order valence-corrected chi connectivity index (χ2v) is 4.24. The number of hydrogen-bond acceptors (Lipinski definition) is 3. The van der Waals surface area contributed by atoms with Crippen LogP contribution < -0.4 is 9.80 Å². The molecule has 0 N–H and O–H groups in total. The summed E-state index contributed by atoms with van der Waals surface area (Å²) in [5.41, 5.74) is 0.517. The van der Waals surface area contributed by atoms with Crippen molar-refractivity contribution in [1.82, 2.24) is 0 Å². The Labute approximate surface area is 103 Å². The predicted octanol–water partition coefficient (Wildman–Crippen LogP) is 2.16. The first-order valence-electron chi connectivity index (χ1n) is 5.54. The fraction of sp³-hybridized carbons (Fsp3) is 0.417. The molecule has 0 bridgehead atoms. The minimum atomic E-state index is -4.34. The molecule has 2 rings (SSSR count). The van der Waals surface area contributed by atoms with Gasteiger partial charge in [0.15, 0.2) is 0 Å². The molecule has 0 spiro atoms. The van der Waals surface area contributed by atoms with Crippen LogP contribution in [0.25, 0.3) is 0 Å². The zero-order chi connectivity index (χ0) is 13.3. The van der Waals surface area contributed by atoms with Crippen LogP contribution in [0.1, 0.15) is 5.56 Å². The molecule has 0 saturated heterocycles. The third-order valence-electron chi connectivity index (χ3n) is 3.05. The third kappa shape index (κ3) is 2.27. The summed E-state index contributed by atoms with van der Waals surface area (Å²) in [7, 11) is 1.75. The highest BCUT2D eigenvalue weighted by molar-refractivity contribution is 5.76. The number of likely N-dealkylation sites (N-methyl/N-ethyl adjacent to an activating group) is 1. The first-order valence-corrected chi connectivity index (χ1v) is 5.54. The summed E-state index contributed by atoms with van der Waals surface area (Å²) in [5.74, 6) is 0. The standard InChI is InChI=1S/C12H13F3N2O/c1-16-4-5-17(6-7-18)10-3-2-9(8-11(10)16)12(13,14)15/h2-3,7-8H,4-6H2,1H3. The minimum Gasteiger partial charge on any atom is -0.371 e. The van der Waals surface area contributed by atoms with Crippen molar-refractivity contribution in [3.05, 3.63) is 23.8 Å². The molecule has 1 aliphatic heterocycles. The summed E-state index contributed by atoms with van der Waals surface area (Å²) in [4.78, 5) is 14.1. The summed E-state index contributed by atoms with van der Waals surface area (Å²) in [5, 5.41) is 0. The van der Waals surface area contributed by atoms with E-state index in [0.29, 0.717) is 24.5 Å². The molecule has 1 aliphatic rings. The SMILES string of the molecule is CN1CCN(CC=O)c2ccc(C(F)(F)F)cc21. The zero-order valence-corrected chi connectivity index (χ0v) is 9.87. The van der Waals surface area contributed by atoms with Crippen LogP contribution in [-0.2, 0) is 11.0 Å². The topological polar surface area (TPSA) is 23.6 Å². The molecule has 0 unspecified atom stereocenters. The monoisotopic (exact) mass is 258 g/mol. The van der Waals surface area contributed by atoms with Crippen molar-refractivity contribution in [2.45, 2.75) is 6.18 Å². The van der Waals surface area contributed by atoms with Crippen molar-refractivity contribution in [1.29, 1.82) is 0 Å². The van der Waals surface area contributed by atoms with E-state index in [1.807, 2.05) is 0 Å². The second-order valence-electron chi connectivity index (χ2n) is 4.24. The lowest BCUT2D eigenvalue weighted by atomic mass is 10.1. The summed E-state index contributed by atoms with van der Waals surface area (Å²) in [6.07, 6.45) is -3.59. The van der Waals surface area contributed by atoms with Crippen molar-refractivity contribution in [3.63, 3.8) is 0 Å². The van der Waals surface area contributed by atoms with Gasteiger partial charge in [-0.15, -0.1) is 0 Å². The van der Waals surface area contributed by atoms with Crippen LogP contribution >= 0.6 is 0 Å². The first-order chi connectivity index (χ1) is 8.43. The van der Waals surface area contributed by atoms with Crippen LogP contribution in [0, 0.1) is 0 Å². The van der Waals surface area contributed by atoms with Gasteiger partial charge in [0.1, 0.15) is 6.29 Å². The maximum Gasteiger partial charge on any atom is 0.416 e. The number of carbonyl (C=O) groups is 1. The number of nitrogens with zero attached hydrogens (tertiary/aromatic N) is 2. The number of halogens is 3. The molecule has 98 valence electrons. The quantitative estimate of drug-likeness (QED) is 0.759. The summed E-state index contributed by atoms with van der Waals surface area (Å²) in [6, 6.07) is 3.61. The molecule has 0 atom stereocenters. The van der Waals surface area contributed by atoms with Crippen LogP contribution in [0.5, 0.6) is 0 Å². The van der Waals surface area contributed by atoms with Gasteiger partial charge in [-0.3, -0.25) is 0 Å². The van der Waals surface area contributed by atoms with Gasteiger partial charge in [-0.1, -0.05) is 0 Å². The van der Waals surface area contributed by atoms with Gasteiger partial charge >= 0.3 is 6.18 Å². The maximum atomic E-state index is 12.6. The van der Waals surface area contributed by atoms with Crippen LogP contribution in [0.2, 0.25) is 0 Å². The molecule has 1 aromatic carbocycles. The molecule has 0 amide bonds. The van der Waals surface area contributed by atoms with Gasteiger partial charge in [0.05, 0.1) is 23.5 Å². The van der Waals surface area contributed by atoms with Crippen LogP contribution in [0.4, 0.5) is 24.5 Å². The van der Waals surface area contributed by atoms with Gasteiger partial charge in [0.2, 0.25) is 0 Å². The first kappa shape index (κ1) is 12.7. The van der Waals surface area contributed by atoms with Gasteiger partial charge < -0.3 is 14.6 Å². The Balaban J connectivity index is 2.43. The Morgan fingerprint density at radius 2 is 2.00 bits per heavy atom. The van der Waals surface area contributed by atoms with E-state index in [0.717, 1.165) is 18.4 Å². The molecule has 0 fully saturated rings. The average molecular weight is 258 g/mol. The predicted molar refractivity (Wildman–Crippen MR) is 63.0 cm³/mol. The van der Waals surface area contributed by atoms with Crippen molar-refractivity contribution >= 4 is 17.7 Å². The normalized spacial score (nSPS) is 15.6. The van der Waals surface area contributed by atoms with Crippen molar-refractivity contribution < 1.29 is 18.0 Å². The van der Waals surface area contributed by atoms with Crippen LogP contribution in [0.15, 0.2) is 18.2 Å². The molecule has 1 aromatic rings. The summed E-state index contributed by atoms with van der Waals surface area (Å²) >= 11 is 0. The molecule has 3 nitrogen and oxygen atoms in total. The van der Waals surface area contributed by atoms with Crippen LogP contribution in [-0.4, -0.2) is 33.0 Å². The van der Waals surface area contributed by atoms with Gasteiger partial charge in [-0.2, -0.15) is 13.2 Å². The lowest BCUT2D eigenvalue weighted by Gasteiger charge is -2.36. The van der Waals surface area contributed by atoms with E-state index < -0.39 is 11.7 Å². The van der Waals surface area contributed by atoms with E-state index >= 15 is 0 Å². The number of anilines is 2. The molecule has 0 saturated carbocycles. The fourth-order valence-electron chi connectivity index (χ4n) is 2.06. The molecular formula is C12H13F3N2O. The third-order valence-corrected chi connectivity index (χ3v) is 3.05. The van der Waals surface area contributed by atoms with Gasteiger partial charge in [0.25, 0.3) is 0 Å². The van der Waals surface area contributed by atoms with Crippen molar-refractivity contribution in [2.24, 2.45) is 0 Å². The zero-order valence-electron chi connectivity index (χ0n) is 9.87. The minimum absolute atomic E-state index is 0.201. The van der Waals surface area contributed by atoms with E-state index in [1.165, 1.54) is 6.07 Å². The molecule has 0 radical (unpaired) electrons.